The summed E-state index contributed by atoms with van der Waals surface area (Å²) in [5, 5.41) is 11.6. The molecule has 0 fully saturated rings. The molecule has 0 radical (unpaired) electrons. The third-order valence-corrected chi connectivity index (χ3v) is 6.52. The summed E-state index contributed by atoms with van der Waals surface area (Å²) in [6.45, 7) is 4.82. The SMILES string of the molecule is CC(C)Oc1ccc([C@@H]2N(Cc3ccccc3)C(=O)c3cc([N+](=O)[O-])ccc3N2Cc2ccccc2)cc1. The molecule has 1 aliphatic rings. The zero-order valence-electron chi connectivity index (χ0n) is 21.4. The Morgan fingerprint density at radius 2 is 1.39 bits per heavy atom. The van der Waals surface area contributed by atoms with Crippen molar-refractivity contribution in [2.24, 2.45) is 0 Å². The lowest BCUT2D eigenvalue weighted by Crippen LogP contribution is -2.48. The number of non-ortho nitro benzene ring substituents is 1. The molecule has 192 valence electrons. The predicted molar refractivity (Wildman–Crippen MR) is 147 cm³/mol. The van der Waals surface area contributed by atoms with Gasteiger partial charge in [0.05, 0.1) is 22.3 Å². The number of benzene rings is 4. The first-order chi connectivity index (χ1) is 18.4. The van der Waals surface area contributed by atoms with Gasteiger partial charge in [-0.3, -0.25) is 14.9 Å². The van der Waals surface area contributed by atoms with Crippen molar-refractivity contribution in [2.75, 3.05) is 4.90 Å². The van der Waals surface area contributed by atoms with E-state index in [2.05, 4.69) is 4.90 Å². The van der Waals surface area contributed by atoms with Crippen LogP contribution in [0.5, 0.6) is 5.75 Å². The molecule has 0 aliphatic carbocycles. The first-order valence-electron chi connectivity index (χ1n) is 12.6. The highest BCUT2D eigenvalue weighted by Gasteiger charge is 2.39. The second-order valence-electron chi connectivity index (χ2n) is 9.60. The van der Waals surface area contributed by atoms with E-state index in [1.165, 1.54) is 12.1 Å². The van der Waals surface area contributed by atoms with Crippen molar-refractivity contribution in [3.05, 3.63) is 135 Å². The van der Waals surface area contributed by atoms with Crippen LogP contribution >= 0.6 is 0 Å². The lowest BCUT2D eigenvalue weighted by molar-refractivity contribution is -0.384. The number of hydrogen-bond donors (Lipinski definition) is 0. The topological polar surface area (TPSA) is 75.9 Å². The van der Waals surface area contributed by atoms with Crippen molar-refractivity contribution in [2.45, 2.75) is 39.2 Å². The summed E-state index contributed by atoms with van der Waals surface area (Å²) in [6.07, 6.45) is -0.395. The molecule has 4 aromatic carbocycles. The van der Waals surface area contributed by atoms with E-state index >= 15 is 0 Å². The molecule has 0 N–H and O–H groups in total. The molecule has 1 heterocycles. The molecule has 0 spiro atoms. The van der Waals surface area contributed by atoms with E-state index in [0.717, 1.165) is 22.4 Å². The van der Waals surface area contributed by atoms with Gasteiger partial charge in [-0.05, 0) is 48.7 Å². The van der Waals surface area contributed by atoms with Gasteiger partial charge in [0.2, 0.25) is 0 Å². The fourth-order valence-electron chi connectivity index (χ4n) is 4.87. The fraction of sp³-hybridized carbons (Fsp3) is 0.194. The number of carbonyl (C=O) groups excluding carboxylic acids is 1. The second kappa shape index (κ2) is 10.8. The standard InChI is InChI=1S/C31H29N3O4/c1-22(2)38-27-16-13-25(14-17-27)30-32(20-23-9-5-3-6-10-23)29-18-15-26(34(36)37)19-28(29)31(35)33(30)21-24-11-7-4-8-12-24/h3-19,22,30H,20-21H2,1-2H3/t30-/m0/s1. The van der Waals surface area contributed by atoms with E-state index < -0.39 is 11.1 Å². The summed E-state index contributed by atoms with van der Waals surface area (Å²) in [7, 11) is 0. The third kappa shape index (κ3) is 5.22. The molecule has 0 saturated carbocycles. The van der Waals surface area contributed by atoms with Crippen molar-refractivity contribution in [3.63, 3.8) is 0 Å². The molecule has 0 bridgehead atoms. The van der Waals surface area contributed by atoms with Gasteiger partial charge in [-0.25, -0.2) is 0 Å². The van der Waals surface area contributed by atoms with Crippen LogP contribution in [-0.2, 0) is 13.1 Å². The Labute approximate surface area is 222 Å². The van der Waals surface area contributed by atoms with Gasteiger partial charge < -0.3 is 14.5 Å². The third-order valence-electron chi connectivity index (χ3n) is 6.52. The largest absolute Gasteiger partial charge is 0.491 e. The van der Waals surface area contributed by atoms with Gasteiger partial charge in [0.15, 0.2) is 0 Å². The van der Waals surface area contributed by atoms with E-state index in [0.29, 0.717) is 24.3 Å². The summed E-state index contributed by atoms with van der Waals surface area (Å²) >= 11 is 0. The number of nitrogens with zero attached hydrogens (tertiary/aromatic N) is 3. The number of carbonyl (C=O) groups is 1. The average Bonchev–Trinajstić information content (AvgIpc) is 2.92. The Balaban J connectivity index is 1.66. The first kappa shape index (κ1) is 25.0. The van der Waals surface area contributed by atoms with Crippen LogP contribution in [0, 0.1) is 10.1 Å². The van der Waals surface area contributed by atoms with Gasteiger partial charge >= 0.3 is 0 Å². The minimum atomic E-state index is -0.462. The Kier molecular flexibility index (Phi) is 7.09. The van der Waals surface area contributed by atoms with Crippen LogP contribution in [0.25, 0.3) is 0 Å². The van der Waals surface area contributed by atoms with Crippen molar-refractivity contribution in [1.29, 1.82) is 0 Å². The molecule has 1 atom stereocenters. The van der Waals surface area contributed by atoms with E-state index in [1.54, 1.807) is 11.0 Å². The van der Waals surface area contributed by atoms with Crippen LogP contribution in [0.4, 0.5) is 11.4 Å². The minimum absolute atomic E-state index is 0.0453. The average molecular weight is 508 g/mol. The lowest BCUT2D eigenvalue weighted by atomic mass is 9.98. The zero-order chi connectivity index (χ0) is 26.6. The number of amides is 1. The number of rotatable bonds is 8. The minimum Gasteiger partial charge on any atom is -0.491 e. The van der Waals surface area contributed by atoms with Gasteiger partial charge in [0, 0.05) is 25.2 Å². The van der Waals surface area contributed by atoms with E-state index in [1.807, 2.05) is 98.8 Å². The number of hydrogen-bond acceptors (Lipinski definition) is 5. The summed E-state index contributed by atoms with van der Waals surface area (Å²) < 4.78 is 5.86. The van der Waals surface area contributed by atoms with Crippen molar-refractivity contribution in [3.8, 4) is 5.75 Å². The number of anilines is 1. The monoisotopic (exact) mass is 507 g/mol. The maximum atomic E-state index is 14.0. The molecule has 5 rings (SSSR count). The molecule has 38 heavy (non-hydrogen) atoms. The number of fused-ring (bicyclic) bond motifs is 1. The highest BCUT2D eigenvalue weighted by Crippen LogP contribution is 2.42. The van der Waals surface area contributed by atoms with Crippen LogP contribution in [0.2, 0.25) is 0 Å². The van der Waals surface area contributed by atoms with Gasteiger partial charge in [-0.1, -0.05) is 72.8 Å². The molecule has 0 aromatic heterocycles. The maximum absolute atomic E-state index is 14.0. The van der Waals surface area contributed by atoms with Crippen LogP contribution < -0.4 is 9.64 Å². The molecule has 7 heteroatoms. The Morgan fingerprint density at radius 3 is 1.95 bits per heavy atom. The van der Waals surface area contributed by atoms with Crippen molar-refractivity contribution < 1.29 is 14.5 Å². The summed E-state index contributed by atoms with van der Waals surface area (Å²) in [4.78, 5) is 29.1. The lowest BCUT2D eigenvalue weighted by Gasteiger charge is -2.46. The van der Waals surface area contributed by atoms with E-state index in [4.69, 9.17) is 4.74 Å². The first-order valence-corrected chi connectivity index (χ1v) is 12.6. The molecule has 4 aromatic rings. The molecule has 0 saturated heterocycles. The molecule has 0 unspecified atom stereocenters. The number of nitro benzene ring substituents is 1. The molecule has 7 nitrogen and oxygen atoms in total. The van der Waals surface area contributed by atoms with Crippen LogP contribution in [0.3, 0.4) is 0 Å². The van der Waals surface area contributed by atoms with Crippen LogP contribution in [0.1, 0.15) is 47.1 Å². The normalized spacial score (nSPS) is 14.9. The number of ether oxygens (including phenoxy) is 1. The predicted octanol–water partition coefficient (Wildman–Crippen LogP) is 6.74. The highest BCUT2D eigenvalue weighted by atomic mass is 16.6. The van der Waals surface area contributed by atoms with Gasteiger partial charge in [0.25, 0.3) is 11.6 Å². The highest BCUT2D eigenvalue weighted by molar-refractivity contribution is 6.02. The number of nitro groups is 1. The molecular weight excluding hydrogens is 478 g/mol. The summed E-state index contributed by atoms with van der Waals surface area (Å²) in [5.41, 5.74) is 3.84. The summed E-state index contributed by atoms with van der Waals surface area (Å²) in [6, 6.07) is 32.2. The van der Waals surface area contributed by atoms with E-state index in [9.17, 15) is 14.9 Å². The van der Waals surface area contributed by atoms with Gasteiger partial charge in [-0.2, -0.15) is 0 Å². The second-order valence-corrected chi connectivity index (χ2v) is 9.60. The van der Waals surface area contributed by atoms with Crippen molar-refractivity contribution >= 4 is 17.3 Å². The Morgan fingerprint density at radius 1 is 0.816 bits per heavy atom. The van der Waals surface area contributed by atoms with E-state index in [-0.39, 0.29) is 17.7 Å². The molecule has 1 aliphatic heterocycles. The summed E-state index contributed by atoms with van der Waals surface area (Å²) in [5.74, 6) is 0.510. The smallest absolute Gasteiger partial charge is 0.270 e. The Bertz CT molecular complexity index is 1420. The molecular formula is C31H29N3O4. The maximum Gasteiger partial charge on any atom is 0.270 e. The quantitative estimate of drug-likeness (QED) is 0.195. The van der Waals surface area contributed by atoms with Gasteiger partial charge in [0.1, 0.15) is 11.9 Å². The molecule has 1 amide bonds. The van der Waals surface area contributed by atoms with Gasteiger partial charge in [-0.15, -0.1) is 0 Å². The van der Waals surface area contributed by atoms with Crippen molar-refractivity contribution in [1.82, 2.24) is 4.90 Å². The Hall–Kier alpha value is -4.65. The van der Waals surface area contributed by atoms with Crippen LogP contribution in [-0.4, -0.2) is 21.8 Å². The zero-order valence-corrected chi connectivity index (χ0v) is 21.4. The van der Waals surface area contributed by atoms with Crippen LogP contribution in [0.15, 0.2) is 103 Å². The fourth-order valence-corrected chi connectivity index (χ4v) is 4.87.